The Balaban J connectivity index is 1.91. The summed E-state index contributed by atoms with van der Waals surface area (Å²) in [7, 11) is 0. The number of nitrogens with one attached hydrogen (secondary N) is 2. The van der Waals surface area contributed by atoms with Crippen LogP contribution in [0.3, 0.4) is 0 Å². The number of aromatic amines is 1. The standard InChI is InChI=1S/C12H17N5/c1-9-3-2-4-11(16-9)12-7-13-8-17(12)10-5-14-15-6-10/h5-9,11,16H,2-4H2,1H3,(H,14,15). The van der Waals surface area contributed by atoms with Crippen molar-refractivity contribution >= 4 is 0 Å². The van der Waals surface area contributed by atoms with Crippen molar-refractivity contribution in [1.29, 1.82) is 0 Å². The van der Waals surface area contributed by atoms with E-state index in [1.807, 2.05) is 24.9 Å². The predicted molar refractivity (Wildman–Crippen MR) is 64.9 cm³/mol. The molecule has 0 radical (unpaired) electrons. The number of nitrogens with zero attached hydrogens (tertiary/aromatic N) is 3. The van der Waals surface area contributed by atoms with Crippen molar-refractivity contribution in [3.8, 4) is 5.69 Å². The van der Waals surface area contributed by atoms with Gasteiger partial charge in [-0.2, -0.15) is 5.10 Å². The first-order valence-electron chi connectivity index (χ1n) is 6.12. The number of hydrogen-bond donors (Lipinski definition) is 2. The Hall–Kier alpha value is -1.62. The molecular weight excluding hydrogens is 214 g/mol. The van der Waals surface area contributed by atoms with Crippen molar-refractivity contribution in [2.24, 2.45) is 0 Å². The minimum absolute atomic E-state index is 0.399. The van der Waals surface area contributed by atoms with Gasteiger partial charge >= 0.3 is 0 Å². The average molecular weight is 231 g/mol. The number of hydrogen-bond acceptors (Lipinski definition) is 3. The van der Waals surface area contributed by atoms with Crippen LogP contribution in [0.4, 0.5) is 0 Å². The summed E-state index contributed by atoms with van der Waals surface area (Å²) in [5.74, 6) is 0. The minimum Gasteiger partial charge on any atom is -0.306 e. The largest absolute Gasteiger partial charge is 0.306 e. The molecule has 2 aromatic rings. The fraction of sp³-hybridized carbons (Fsp3) is 0.500. The van der Waals surface area contributed by atoms with Crippen molar-refractivity contribution in [1.82, 2.24) is 25.1 Å². The molecule has 3 heterocycles. The molecule has 0 amide bonds. The summed E-state index contributed by atoms with van der Waals surface area (Å²) >= 11 is 0. The van der Waals surface area contributed by atoms with Gasteiger partial charge in [-0.25, -0.2) is 4.98 Å². The van der Waals surface area contributed by atoms with Gasteiger partial charge in [0.05, 0.1) is 30.1 Å². The highest BCUT2D eigenvalue weighted by Gasteiger charge is 2.22. The van der Waals surface area contributed by atoms with Crippen LogP contribution >= 0.6 is 0 Å². The molecule has 2 aromatic heterocycles. The van der Waals surface area contributed by atoms with Gasteiger partial charge in [0.1, 0.15) is 0 Å². The molecular formula is C12H17N5. The summed E-state index contributed by atoms with van der Waals surface area (Å²) in [5, 5.41) is 10.5. The average Bonchev–Trinajstić information content (AvgIpc) is 3.00. The van der Waals surface area contributed by atoms with Gasteiger partial charge in [0.2, 0.25) is 0 Å². The zero-order chi connectivity index (χ0) is 11.7. The first kappa shape index (κ1) is 10.5. The van der Waals surface area contributed by atoms with Gasteiger partial charge in [-0.3, -0.25) is 9.67 Å². The molecule has 1 aliphatic rings. The van der Waals surface area contributed by atoms with Crippen LogP contribution in [0.1, 0.15) is 37.9 Å². The summed E-state index contributed by atoms with van der Waals surface area (Å²) in [6.07, 6.45) is 11.2. The Labute approximate surface area is 100 Å². The Bertz CT molecular complexity index is 473. The van der Waals surface area contributed by atoms with Crippen LogP contribution in [0, 0.1) is 0 Å². The fourth-order valence-corrected chi connectivity index (χ4v) is 2.53. The second-order valence-corrected chi connectivity index (χ2v) is 4.70. The second-order valence-electron chi connectivity index (χ2n) is 4.70. The maximum Gasteiger partial charge on any atom is 0.0995 e. The maximum atomic E-state index is 4.26. The summed E-state index contributed by atoms with van der Waals surface area (Å²) in [6.45, 7) is 2.24. The van der Waals surface area contributed by atoms with Crippen LogP contribution in [0.15, 0.2) is 24.9 Å². The van der Waals surface area contributed by atoms with E-state index >= 15 is 0 Å². The zero-order valence-electron chi connectivity index (χ0n) is 9.93. The first-order valence-corrected chi connectivity index (χ1v) is 6.12. The number of rotatable bonds is 2. The van der Waals surface area contributed by atoms with Crippen LogP contribution in [0.25, 0.3) is 5.69 Å². The lowest BCUT2D eigenvalue weighted by molar-refractivity contribution is 0.334. The number of imidazole rings is 1. The van der Waals surface area contributed by atoms with Gasteiger partial charge in [0, 0.05) is 18.3 Å². The molecule has 0 aliphatic carbocycles. The van der Waals surface area contributed by atoms with Crippen molar-refractivity contribution in [2.75, 3.05) is 0 Å². The smallest absolute Gasteiger partial charge is 0.0995 e. The fourth-order valence-electron chi connectivity index (χ4n) is 2.53. The third-order valence-electron chi connectivity index (χ3n) is 3.40. The minimum atomic E-state index is 0.399. The van der Waals surface area contributed by atoms with Gasteiger partial charge in [-0.05, 0) is 26.2 Å². The third kappa shape index (κ3) is 1.98. The highest BCUT2D eigenvalue weighted by atomic mass is 15.2. The van der Waals surface area contributed by atoms with E-state index in [-0.39, 0.29) is 0 Å². The van der Waals surface area contributed by atoms with E-state index in [0.29, 0.717) is 12.1 Å². The maximum absolute atomic E-state index is 4.26. The lowest BCUT2D eigenvalue weighted by atomic mass is 9.97. The van der Waals surface area contributed by atoms with Crippen LogP contribution < -0.4 is 5.32 Å². The highest BCUT2D eigenvalue weighted by Crippen LogP contribution is 2.26. The van der Waals surface area contributed by atoms with Crippen molar-refractivity contribution < 1.29 is 0 Å². The van der Waals surface area contributed by atoms with E-state index in [2.05, 4.69) is 32.0 Å². The first-order chi connectivity index (χ1) is 8.34. The Kier molecular flexibility index (Phi) is 2.68. The van der Waals surface area contributed by atoms with Crippen molar-refractivity contribution in [2.45, 2.75) is 38.3 Å². The quantitative estimate of drug-likeness (QED) is 0.828. The molecule has 17 heavy (non-hydrogen) atoms. The number of H-pyrrole nitrogens is 1. The Morgan fingerprint density at radius 2 is 2.29 bits per heavy atom. The van der Waals surface area contributed by atoms with Crippen LogP contribution in [0.2, 0.25) is 0 Å². The number of piperidine rings is 1. The van der Waals surface area contributed by atoms with E-state index in [0.717, 1.165) is 5.69 Å². The SMILES string of the molecule is CC1CCCC(c2cncn2-c2cn[nH]c2)N1. The van der Waals surface area contributed by atoms with Crippen LogP contribution in [-0.4, -0.2) is 25.8 Å². The van der Waals surface area contributed by atoms with Gasteiger partial charge in [-0.15, -0.1) is 0 Å². The summed E-state index contributed by atoms with van der Waals surface area (Å²) in [6, 6.07) is 0.984. The van der Waals surface area contributed by atoms with E-state index < -0.39 is 0 Å². The van der Waals surface area contributed by atoms with Gasteiger partial charge < -0.3 is 5.32 Å². The molecule has 2 N–H and O–H groups in total. The summed E-state index contributed by atoms with van der Waals surface area (Å²) in [5.41, 5.74) is 2.26. The molecule has 1 saturated heterocycles. The second kappa shape index (κ2) is 4.33. The number of aromatic nitrogens is 4. The monoisotopic (exact) mass is 231 g/mol. The van der Waals surface area contributed by atoms with Crippen molar-refractivity contribution in [3.05, 3.63) is 30.6 Å². The molecule has 0 saturated carbocycles. The summed E-state index contributed by atoms with van der Waals surface area (Å²) < 4.78 is 2.10. The van der Waals surface area contributed by atoms with Crippen LogP contribution in [0.5, 0.6) is 0 Å². The van der Waals surface area contributed by atoms with E-state index in [1.165, 1.54) is 25.0 Å². The molecule has 90 valence electrons. The molecule has 0 aromatic carbocycles. The molecule has 2 unspecified atom stereocenters. The molecule has 0 spiro atoms. The lowest BCUT2D eigenvalue weighted by Gasteiger charge is -2.29. The lowest BCUT2D eigenvalue weighted by Crippen LogP contribution is -2.35. The molecule has 5 heteroatoms. The molecule has 1 aliphatic heterocycles. The summed E-state index contributed by atoms with van der Waals surface area (Å²) in [4.78, 5) is 4.26. The van der Waals surface area contributed by atoms with Gasteiger partial charge in [-0.1, -0.05) is 0 Å². The molecule has 2 atom stereocenters. The molecule has 5 nitrogen and oxygen atoms in total. The highest BCUT2D eigenvalue weighted by molar-refractivity contribution is 5.29. The van der Waals surface area contributed by atoms with Crippen molar-refractivity contribution in [3.63, 3.8) is 0 Å². The van der Waals surface area contributed by atoms with E-state index in [1.54, 1.807) is 0 Å². The Morgan fingerprint density at radius 3 is 3.06 bits per heavy atom. The predicted octanol–water partition coefficient (Wildman–Crippen LogP) is 1.80. The zero-order valence-corrected chi connectivity index (χ0v) is 9.93. The van der Waals surface area contributed by atoms with Crippen LogP contribution in [-0.2, 0) is 0 Å². The molecule has 1 fully saturated rings. The van der Waals surface area contributed by atoms with E-state index in [4.69, 9.17) is 0 Å². The van der Waals surface area contributed by atoms with Gasteiger partial charge in [0.15, 0.2) is 0 Å². The van der Waals surface area contributed by atoms with Gasteiger partial charge in [0.25, 0.3) is 0 Å². The Morgan fingerprint density at radius 1 is 1.35 bits per heavy atom. The third-order valence-corrected chi connectivity index (χ3v) is 3.40. The topological polar surface area (TPSA) is 58.5 Å². The molecule has 0 bridgehead atoms. The molecule has 3 rings (SSSR count). The van der Waals surface area contributed by atoms with E-state index in [9.17, 15) is 0 Å². The normalized spacial score (nSPS) is 25.0.